The van der Waals surface area contributed by atoms with Gasteiger partial charge >= 0.3 is 0 Å². The lowest BCUT2D eigenvalue weighted by Gasteiger charge is -2.16. The van der Waals surface area contributed by atoms with Crippen molar-refractivity contribution in [2.75, 3.05) is 0 Å². The second kappa shape index (κ2) is 11.2. The first kappa shape index (κ1) is 29.5. The molecule has 0 atom stereocenters. The van der Waals surface area contributed by atoms with Gasteiger partial charge in [0.2, 0.25) is 0 Å². The summed E-state index contributed by atoms with van der Waals surface area (Å²) < 4.78 is 0. The van der Waals surface area contributed by atoms with Gasteiger partial charge in [0.1, 0.15) is 0 Å². The second-order valence-corrected chi connectivity index (χ2v) is 14.8. The van der Waals surface area contributed by atoms with E-state index in [4.69, 9.17) is 0 Å². The van der Waals surface area contributed by atoms with Gasteiger partial charge in [-0.3, -0.25) is 0 Å². The van der Waals surface area contributed by atoms with Gasteiger partial charge in [0.15, 0.2) is 0 Å². The van der Waals surface area contributed by atoms with Gasteiger partial charge in [-0.2, -0.15) is 0 Å². The van der Waals surface area contributed by atoms with E-state index in [0.717, 1.165) is 0 Å². The van der Waals surface area contributed by atoms with Gasteiger partial charge in [0, 0.05) is 0 Å². The van der Waals surface area contributed by atoms with Crippen LogP contribution in [0.3, 0.4) is 0 Å². The van der Waals surface area contributed by atoms with Gasteiger partial charge in [-0.15, -0.1) is 0 Å². The van der Waals surface area contributed by atoms with Crippen LogP contribution < -0.4 is 0 Å². The molecular formula is C54H32. The fourth-order valence-corrected chi connectivity index (χ4v) is 9.44. The molecular weight excluding hydrogens is 649 g/mol. The summed E-state index contributed by atoms with van der Waals surface area (Å²) in [7, 11) is 0. The van der Waals surface area contributed by atoms with E-state index in [9.17, 15) is 0 Å². The van der Waals surface area contributed by atoms with Crippen molar-refractivity contribution < 1.29 is 0 Å². The lowest BCUT2D eigenvalue weighted by molar-refractivity contribution is 1.62. The molecule has 0 heteroatoms. The highest BCUT2D eigenvalue weighted by atomic mass is 14.2. The molecule has 0 N–H and O–H groups in total. The van der Waals surface area contributed by atoms with Crippen molar-refractivity contribution in [3.05, 3.63) is 194 Å². The molecule has 0 fully saturated rings. The summed E-state index contributed by atoms with van der Waals surface area (Å²) >= 11 is 0. The number of benzene rings is 11. The predicted molar refractivity (Wildman–Crippen MR) is 232 cm³/mol. The van der Waals surface area contributed by atoms with E-state index in [2.05, 4.69) is 194 Å². The number of hydrogen-bond acceptors (Lipinski definition) is 0. The van der Waals surface area contributed by atoms with Gasteiger partial charge < -0.3 is 0 Å². The van der Waals surface area contributed by atoms with Crippen molar-refractivity contribution in [2.45, 2.75) is 0 Å². The molecule has 0 heterocycles. The van der Waals surface area contributed by atoms with E-state index in [1.54, 1.807) is 0 Å². The Hall–Kier alpha value is -7.02. The summed E-state index contributed by atoms with van der Waals surface area (Å²) in [6, 6.07) is 72.3. The van der Waals surface area contributed by atoms with E-state index in [-0.39, 0.29) is 0 Å². The maximum absolute atomic E-state index is 2.43. The maximum Gasteiger partial charge on any atom is -0.00199 e. The molecule has 11 aromatic rings. The molecule has 0 spiro atoms. The molecule has 248 valence electrons. The number of hydrogen-bond donors (Lipinski definition) is 0. The van der Waals surface area contributed by atoms with E-state index < -0.39 is 0 Å². The maximum atomic E-state index is 2.43. The Morgan fingerprint density at radius 2 is 0.667 bits per heavy atom. The molecule has 1 aliphatic rings. The Balaban J connectivity index is 0.933. The third-order valence-electron chi connectivity index (χ3n) is 11.9. The average molecular weight is 681 g/mol. The van der Waals surface area contributed by atoms with Crippen LogP contribution in [0.4, 0.5) is 0 Å². The molecule has 0 radical (unpaired) electrons. The highest BCUT2D eigenvalue weighted by molar-refractivity contribution is 6.33. The molecule has 0 amide bonds. The molecule has 1 aliphatic carbocycles. The molecule has 0 saturated carbocycles. The SMILES string of the molecule is c1ccc2c(c1)-c1cccc3cc(-c4ccc5cc(-c6ccc(-c7cc8c9ccccc9c9ccccc9c8c8ccccc78)cc6)ccc5c4)cc-2c13. The van der Waals surface area contributed by atoms with Crippen LogP contribution in [0.1, 0.15) is 0 Å². The van der Waals surface area contributed by atoms with E-state index in [1.165, 1.54) is 120 Å². The Kier molecular flexibility index (Phi) is 6.15. The quantitative estimate of drug-likeness (QED) is 0.163. The van der Waals surface area contributed by atoms with Crippen molar-refractivity contribution in [1.29, 1.82) is 0 Å². The zero-order valence-electron chi connectivity index (χ0n) is 29.5. The van der Waals surface area contributed by atoms with Gasteiger partial charge in [0.05, 0.1) is 0 Å². The van der Waals surface area contributed by atoms with Crippen LogP contribution in [0.5, 0.6) is 0 Å². The minimum Gasteiger partial charge on any atom is -0.0616 e. The zero-order chi connectivity index (χ0) is 35.3. The van der Waals surface area contributed by atoms with Crippen molar-refractivity contribution in [3.63, 3.8) is 0 Å². The largest absolute Gasteiger partial charge is 0.0616 e. The van der Waals surface area contributed by atoms with Crippen LogP contribution in [-0.2, 0) is 0 Å². The van der Waals surface area contributed by atoms with Crippen LogP contribution in [0.25, 0.3) is 120 Å². The predicted octanol–water partition coefficient (Wildman–Crippen LogP) is 15.3. The topological polar surface area (TPSA) is 0 Å². The van der Waals surface area contributed by atoms with E-state index >= 15 is 0 Å². The molecule has 11 aromatic carbocycles. The highest BCUT2D eigenvalue weighted by Crippen LogP contribution is 2.49. The third-order valence-corrected chi connectivity index (χ3v) is 11.9. The zero-order valence-corrected chi connectivity index (χ0v) is 29.5. The molecule has 0 saturated heterocycles. The molecule has 12 rings (SSSR count). The number of fused-ring (bicyclic) bond motifs is 12. The molecule has 0 bridgehead atoms. The minimum atomic E-state index is 1.22. The summed E-state index contributed by atoms with van der Waals surface area (Å²) in [5.74, 6) is 0. The molecule has 0 aromatic heterocycles. The van der Waals surface area contributed by atoms with E-state index in [1.807, 2.05) is 0 Å². The fourth-order valence-electron chi connectivity index (χ4n) is 9.44. The Morgan fingerprint density at radius 3 is 1.37 bits per heavy atom. The van der Waals surface area contributed by atoms with Crippen molar-refractivity contribution >= 4 is 64.6 Å². The third kappa shape index (κ3) is 4.26. The molecule has 54 heavy (non-hydrogen) atoms. The summed E-state index contributed by atoms with van der Waals surface area (Å²) in [5, 5.41) is 15.6. The lowest BCUT2D eigenvalue weighted by Crippen LogP contribution is -1.89. The summed E-state index contributed by atoms with van der Waals surface area (Å²) in [6.45, 7) is 0. The summed E-state index contributed by atoms with van der Waals surface area (Å²) in [6.07, 6.45) is 0. The molecule has 0 aliphatic heterocycles. The number of rotatable bonds is 3. The lowest BCUT2D eigenvalue weighted by atomic mass is 9.87. The smallest absolute Gasteiger partial charge is 0.00199 e. The Bertz CT molecular complexity index is 3360. The van der Waals surface area contributed by atoms with Gasteiger partial charge in [-0.05, 0) is 151 Å². The fraction of sp³-hybridized carbons (Fsp3) is 0. The first-order valence-electron chi connectivity index (χ1n) is 18.8. The van der Waals surface area contributed by atoms with Crippen molar-refractivity contribution in [3.8, 4) is 55.6 Å². The summed E-state index contributed by atoms with van der Waals surface area (Å²) in [4.78, 5) is 0. The van der Waals surface area contributed by atoms with Crippen LogP contribution in [0.2, 0.25) is 0 Å². The summed E-state index contributed by atoms with van der Waals surface area (Å²) in [5.41, 5.74) is 12.8. The second-order valence-electron chi connectivity index (χ2n) is 14.8. The molecule has 0 nitrogen and oxygen atoms in total. The standard InChI is InChI=1S/C54H32/c1-3-14-44-41(11-1)42-12-5-7-17-48(42)54-49-18-8-6-16-46(49)50(32-52(44)54)34-22-20-33(21-23-34)35-24-25-37-29-38(27-26-36(37)28-35)40-30-39-10-9-19-47-43-13-2-4-15-45(43)51(31-40)53(39)47/h1-32H. The van der Waals surface area contributed by atoms with Gasteiger partial charge in [0.25, 0.3) is 0 Å². The van der Waals surface area contributed by atoms with Gasteiger partial charge in [-0.25, -0.2) is 0 Å². The Labute approximate surface area is 313 Å². The van der Waals surface area contributed by atoms with Crippen LogP contribution in [-0.4, -0.2) is 0 Å². The first-order chi connectivity index (χ1) is 26.8. The van der Waals surface area contributed by atoms with Crippen LogP contribution in [0, 0.1) is 0 Å². The van der Waals surface area contributed by atoms with Crippen LogP contribution in [0.15, 0.2) is 194 Å². The van der Waals surface area contributed by atoms with Crippen molar-refractivity contribution in [1.82, 2.24) is 0 Å². The van der Waals surface area contributed by atoms with Crippen LogP contribution >= 0.6 is 0 Å². The first-order valence-corrected chi connectivity index (χ1v) is 18.8. The Morgan fingerprint density at radius 1 is 0.185 bits per heavy atom. The monoisotopic (exact) mass is 680 g/mol. The van der Waals surface area contributed by atoms with Gasteiger partial charge in [-0.1, -0.05) is 164 Å². The normalized spacial score (nSPS) is 12.1. The highest BCUT2D eigenvalue weighted by Gasteiger charge is 2.22. The minimum absolute atomic E-state index is 1.22. The average Bonchev–Trinajstić information content (AvgIpc) is 3.57. The molecule has 0 unspecified atom stereocenters. The van der Waals surface area contributed by atoms with E-state index in [0.29, 0.717) is 0 Å². The van der Waals surface area contributed by atoms with Crippen molar-refractivity contribution in [2.24, 2.45) is 0 Å².